The summed E-state index contributed by atoms with van der Waals surface area (Å²) < 4.78 is 0. The fraction of sp³-hybridized carbons (Fsp3) is 0.0833. The Balaban J connectivity index is 2.12. The van der Waals surface area contributed by atoms with E-state index in [9.17, 15) is 4.79 Å². The molecular weight excluding hydrogens is 188 g/mol. The number of carbonyl (C=O) groups excluding carboxylic acids is 1. The van der Waals surface area contributed by atoms with Crippen molar-refractivity contribution in [1.82, 2.24) is 9.97 Å². The Morgan fingerprint density at radius 2 is 1.47 bits per heavy atom. The summed E-state index contributed by atoms with van der Waals surface area (Å²) >= 11 is 0. The van der Waals surface area contributed by atoms with E-state index in [1.54, 1.807) is 36.9 Å². The molecule has 0 amide bonds. The van der Waals surface area contributed by atoms with Crippen LogP contribution in [0.3, 0.4) is 0 Å². The molecule has 0 saturated heterocycles. The van der Waals surface area contributed by atoms with Gasteiger partial charge in [0.15, 0.2) is 5.78 Å². The molecule has 0 aromatic carbocycles. The standard InChI is InChI=1S/C12H10N2O/c15-12(11-3-7-14-8-4-11)9-10-1-5-13-6-2-10/h1-8H,9H2. The molecule has 0 fully saturated rings. The summed E-state index contributed by atoms with van der Waals surface area (Å²) in [7, 11) is 0. The maximum Gasteiger partial charge on any atom is 0.167 e. The molecule has 2 aromatic heterocycles. The van der Waals surface area contributed by atoms with Crippen molar-refractivity contribution in [2.75, 3.05) is 0 Å². The first-order valence-electron chi connectivity index (χ1n) is 4.68. The molecule has 0 bridgehead atoms. The van der Waals surface area contributed by atoms with Crippen LogP contribution in [0.15, 0.2) is 49.1 Å². The summed E-state index contributed by atoms with van der Waals surface area (Å²) in [5.41, 5.74) is 1.67. The molecule has 3 heteroatoms. The average Bonchev–Trinajstić information content (AvgIpc) is 2.31. The van der Waals surface area contributed by atoms with Crippen LogP contribution in [0.25, 0.3) is 0 Å². The Hall–Kier alpha value is -2.03. The lowest BCUT2D eigenvalue weighted by Crippen LogP contribution is -2.03. The first-order chi connectivity index (χ1) is 7.36. The van der Waals surface area contributed by atoms with Crippen LogP contribution in [0, 0.1) is 0 Å². The van der Waals surface area contributed by atoms with E-state index < -0.39 is 0 Å². The van der Waals surface area contributed by atoms with Gasteiger partial charge in [0, 0.05) is 36.8 Å². The highest BCUT2D eigenvalue weighted by Gasteiger charge is 2.05. The molecule has 2 rings (SSSR count). The van der Waals surface area contributed by atoms with Crippen molar-refractivity contribution in [3.8, 4) is 0 Å². The molecule has 0 aliphatic rings. The molecule has 0 spiro atoms. The molecule has 0 unspecified atom stereocenters. The van der Waals surface area contributed by atoms with E-state index >= 15 is 0 Å². The van der Waals surface area contributed by atoms with E-state index in [1.807, 2.05) is 12.1 Å². The molecule has 2 aromatic rings. The van der Waals surface area contributed by atoms with Gasteiger partial charge in [-0.3, -0.25) is 14.8 Å². The van der Waals surface area contributed by atoms with Crippen LogP contribution in [0.2, 0.25) is 0 Å². The summed E-state index contributed by atoms with van der Waals surface area (Å²) in [6.07, 6.45) is 7.04. The van der Waals surface area contributed by atoms with Gasteiger partial charge >= 0.3 is 0 Å². The second kappa shape index (κ2) is 4.46. The molecular formula is C12H10N2O. The summed E-state index contributed by atoms with van der Waals surface area (Å²) in [6, 6.07) is 7.14. The maximum atomic E-state index is 11.8. The van der Waals surface area contributed by atoms with Crippen molar-refractivity contribution < 1.29 is 4.79 Å². The Morgan fingerprint density at radius 1 is 0.933 bits per heavy atom. The second-order valence-electron chi connectivity index (χ2n) is 3.19. The molecule has 0 aliphatic carbocycles. The maximum absolute atomic E-state index is 11.8. The van der Waals surface area contributed by atoms with Crippen molar-refractivity contribution in [2.45, 2.75) is 6.42 Å². The lowest BCUT2D eigenvalue weighted by molar-refractivity contribution is 0.0993. The second-order valence-corrected chi connectivity index (χ2v) is 3.19. The summed E-state index contributed by atoms with van der Waals surface area (Å²) in [5.74, 6) is 0.101. The number of carbonyl (C=O) groups is 1. The topological polar surface area (TPSA) is 42.9 Å². The van der Waals surface area contributed by atoms with Gasteiger partial charge in [-0.2, -0.15) is 0 Å². The first kappa shape index (κ1) is 9.52. The van der Waals surface area contributed by atoms with Gasteiger partial charge in [0.05, 0.1) is 0 Å². The van der Waals surface area contributed by atoms with Crippen LogP contribution < -0.4 is 0 Å². The van der Waals surface area contributed by atoms with Crippen molar-refractivity contribution in [2.24, 2.45) is 0 Å². The van der Waals surface area contributed by atoms with E-state index in [-0.39, 0.29) is 5.78 Å². The van der Waals surface area contributed by atoms with E-state index in [4.69, 9.17) is 0 Å². The third-order valence-electron chi connectivity index (χ3n) is 2.12. The monoisotopic (exact) mass is 198 g/mol. The Labute approximate surface area is 87.8 Å². The number of rotatable bonds is 3. The van der Waals surface area contributed by atoms with E-state index in [1.165, 1.54) is 0 Å². The van der Waals surface area contributed by atoms with Crippen molar-refractivity contribution in [1.29, 1.82) is 0 Å². The van der Waals surface area contributed by atoms with Gasteiger partial charge in [0.1, 0.15) is 0 Å². The van der Waals surface area contributed by atoms with Gasteiger partial charge in [-0.1, -0.05) is 0 Å². The summed E-state index contributed by atoms with van der Waals surface area (Å²) in [4.78, 5) is 19.5. The Bertz CT molecular complexity index is 440. The third-order valence-corrected chi connectivity index (χ3v) is 2.12. The van der Waals surface area contributed by atoms with Gasteiger partial charge in [-0.25, -0.2) is 0 Å². The fourth-order valence-corrected chi connectivity index (χ4v) is 1.33. The summed E-state index contributed by atoms with van der Waals surface area (Å²) in [6.45, 7) is 0. The Morgan fingerprint density at radius 3 is 2.07 bits per heavy atom. The number of hydrogen-bond acceptors (Lipinski definition) is 3. The molecule has 3 nitrogen and oxygen atoms in total. The lowest BCUT2D eigenvalue weighted by Gasteiger charge is -1.99. The van der Waals surface area contributed by atoms with Crippen LogP contribution in [-0.4, -0.2) is 15.8 Å². The van der Waals surface area contributed by atoms with Crippen molar-refractivity contribution >= 4 is 5.78 Å². The van der Waals surface area contributed by atoms with Gasteiger partial charge in [-0.15, -0.1) is 0 Å². The fourth-order valence-electron chi connectivity index (χ4n) is 1.33. The van der Waals surface area contributed by atoms with Crippen LogP contribution in [-0.2, 0) is 6.42 Å². The van der Waals surface area contributed by atoms with Gasteiger partial charge < -0.3 is 0 Å². The number of hydrogen-bond donors (Lipinski definition) is 0. The van der Waals surface area contributed by atoms with Crippen molar-refractivity contribution in [3.05, 3.63) is 60.2 Å². The molecule has 0 radical (unpaired) electrons. The predicted molar refractivity (Wildman–Crippen MR) is 56.5 cm³/mol. The SMILES string of the molecule is O=C(Cc1ccncc1)c1ccncc1. The van der Waals surface area contributed by atoms with Crippen LogP contribution >= 0.6 is 0 Å². The highest BCUT2D eigenvalue weighted by atomic mass is 16.1. The molecule has 74 valence electrons. The lowest BCUT2D eigenvalue weighted by atomic mass is 10.1. The molecule has 0 saturated carbocycles. The number of nitrogens with zero attached hydrogens (tertiary/aromatic N) is 2. The number of ketones is 1. The minimum absolute atomic E-state index is 0.101. The molecule has 0 aliphatic heterocycles. The predicted octanol–water partition coefficient (Wildman–Crippen LogP) is 1.90. The van der Waals surface area contributed by atoms with E-state index in [0.717, 1.165) is 5.56 Å². The number of aromatic nitrogens is 2. The van der Waals surface area contributed by atoms with Crippen molar-refractivity contribution in [3.63, 3.8) is 0 Å². The first-order valence-corrected chi connectivity index (χ1v) is 4.68. The molecule has 2 heterocycles. The van der Waals surface area contributed by atoms with Gasteiger partial charge in [-0.05, 0) is 29.8 Å². The Kier molecular flexibility index (Phi) is 2.83. The number of Topliss-reactive ketones (excluding diaryl/α,β-unsaturated/α-hetero) is 1. The zero-order valence-electron chi connectivity index (χ0n) is 8.13. The van der Waals surface area contributed by atoms with Crippen LogP contribution in [0.1, 0.15) is 15.9 Å². The van der Waals surface area contributed by atoms with Crippen LogP contribution in [0.4, 0.5) is 0 Å². The molecule has 15 heavy (non-hydrogen) atoms. The smallest absolute Gasteiger partial charge is 0.167 e. The van der Waals surface area contributed by atoms with Crippen LogP contribution in [0.5, 0.6) is 0 Å². The van der Waals surface area contributed by atoms with E-state index in [0.29, 0.717) is 12.0 Å². The average molecular weight is 198 g/mol. The normalized spacial score (nSPS) is 9.87. The highest BCUT2D eigenvalue weighted by Crippen LogP contribution is 2.05. The highest BCUT2D eigenvalue weighted by molar-refractivity contribution is 5.97. The molecule has 0 N–H and O–H groups in total. The zero-order valence-corrected chi connectivity index (χ0v) is 8.13. The third kappa shape index (κ3) is 2.47. The number of pyridine rings is 2. The largest absolute Gasteiger partial charge is 0.294 e. The molecule has 0 atom stereocenters. The van der Waals surface area contributed by atoms with Gasteiger partial charge in [0.2, 0.25) is 0 Å². The quantitative estimate of drug-likeness (QED) is 0.707. The minimum atomic E-state index is 0.101. The summed E-state index contributed by atoms with van der Waals surface area (Å²) in [5, 5.41) is 0. The van der Waals surface area contributed by atoms with E-state index in [2.05, 4.69) is 9.97 Å². The minimum Gasteiger partial charge on any atom is -0.294 e. The van der Waals surface area contributed by atoms with Gasteiger partial charge in [0.25, 0.3) is 0 Å². The zero-order chi connectivity index (χ0) is 10.5.